The maximum Gasteiger partial charge on any atom is 0.210 e. The van der Waals surface area contributed by atoms with Gasteiger partial charge in [0.15, 0.2) is 5.43 Å². The van der Waals surface area contributed by atoms with E-state index in [1.165, 1.54) is 49.6 Å². The van der Waals surface area contributed by atoms with Gasteiger partial charge in [0.05, 0.1) is 23.0 Å². The van der Waals surface area contributed by atoms with Gasteiger partial charge in [-0.15, -0.1) is 0 Å². The molecule has 6 nitrogen and oxygen atoms in total. The summed E-state index contributed by atoms with van der Waals surface area (Å²) < 4.78 is 37.6. The largest absolute Gasteiger partial charge is 0.497 e. The van der Waals surface area contributed by atoms with E-state index < -0.39 is 26.0 Å². The van der Waals surface area contributed by atoms with Crippen molar-refractivity contribution in [1.82, 2.24) is 0 Å². The maximum atomic E-state index is 13.5. The number of carbonyl (C=O) groups is 1. The monoisotopic (exact) mass is 480 g/mol. The van der Waals surface area contributed by atoms with Gasteiger partial charge in [-0.05, 0) is 48.5 Å². The smallest absolute Gasteiger partial charge is 0.210 e. The van der Waals surface area contributed by atoms with Crippen molar-refractivity contribution in [2.24, 2.45) is 0 Å². The Bertz CT molecular complexity index is 1540. The van der Waals surface area contributed by atoms with Gasteiger partial charge in [-0.25, -0.2) is 8.42 Å². The molecule has 0 spiro atoms. The van der Waals surface area contributed by atoms with Crippen LogP contribution >= 0.6 is 11.6 Å². The zero-order valence-corrected chi connectivity index (χ0v) is 18.9. The van der Waals surface area contributed by atoms with E-state index in [-0.39, 0.29) is 21.4 Å². The summed E-state index contributed by atoms with van der Waals surface area (Å²) in [4.78, 5) is 25.7. The van der Waals surface area contributed by atoms with E-state index in [4.69, 9.17) is 20.8 Å². The fourth-order valence-corrected chi connectivity index (χ4v) is 4.75. The van der Waals surface area contributed by atoms with Gasteiger partial charge in [0.2, 0.25) is 15.6 Å². The summed E-state index contributed by atoms with van der Waals surface area (Å²) in [5.41, 5.74) is -0.130. The van der Waals surface area contributed by atoms with Crippen molar-refractivity contribution in [1.29, 1.82) is 0 Å². The highest BCUT2D eigenvalue weighted by molar-refractivity contribution is 7.96. The molecule has 33 heavy (non-hydrogen) atoms. The van der Waals surface area contributed by atoms with Crippen LogP contribution in [0.3, 0.4) is 0 Å². The van der Waals surface area contributed by atoms with Crippen LogP contribution in [0.25, 0.3) is 17.0 Å². The van der Waals surface area contributed by atoms with Gasteiger partial charge in [0, 0.05) is 10.6 Å². The molecule has 0 aliphatic heterocycles. The number of Topliss-reactive ketones (excluding diaryl/α,β-unsaturated/α-hetero) is 1. The molecule has 0 aliphatic rings. The van der Waals surface area contributed by atoms with Gasteiger partial charge in [0.1, 0.15) is 22.5 Å². The van der Waals surface area contributed by atoms with Gasteiger partial charge in [-0.3, -0.25) is 9.59 Å². The van der Waals surface area contributed by atoms with Crippen LogP contribution in [0, 0.1) is 0 Å². The Hall–Kier alpha value is -3.68. The average molecular weight is 481 g/mol. The first-order chi connectivity index (χ1) is 15.8. The van der Waals surface area contributed by atoms with E-state index in [0.29, 0.717) is 16.4 Å². The molecular weight excluding hydrogens is 464 g/mol. The highest BCUT2D eigenvalue weighted by Gasteiger charge is 2.28. The topological polar surface area (TPSA) is 90.7 Å². The Balaban J connectivity index is 1.95. The summed E-state index contributed by atoms with van der Waals surface area (Å²) in [6.07, 6.45) is 2.18. The van der Waals surface area contributed by atoms with Crippen LogP contribution in [0.2, 0.25) is 5.02 Å². The van der Waals surface area contributed by atoms with Crippen LogP contribution in [0.5, 0.6) is 5.75 Å². The lowest BCUT2D eigenvalue weighted by molar-refractivity contribution is 0.104. The van der Waals surface area contributed by atoms with Crippen LogP contribution in [0.4, 0.5) is 0 Å². The number of carbonyl (C=O) groups excluding carboxylic acids is 1. The number of sulfone groups is 1. The van der Waals surface area contributed by atoms with Crippen LogP contribution in [0.1, 0.15) is 15.9 Å². The molecule has 1 heterocycles. The molecule has 0 unspecified atom stereocenters. The predicted octanol–water partition coefficient (Wildman–Crippen LogP) is 5.15. The van der Waals surface area contributed by atoms with Crippen molar-refractivity contribution in [2.45, 2.75) is 4.90 Å². The van der Waals surface area contributed by atoms with Crippen molar-refractivity contribution < 1.29 is 22.4 Å². The summed E-state index contributed by atoms with van der Waals surface area (Å²) >= 11 is 5.89. The van der Waals surface area contributed by atoms with Crippen molar-refractivity contribution in [3.05, 3.63) is 110 Å². The maximum absolute atomic E-state index is 13.5. The fraction of sp³-hybridized carbons (Fsp3) is 0.0400. The quantitative estimate of drug-likeness (QED) is 0.280. The Morgan fingerprint density at radius 1 is 1.00 bits per heavy atom. The van der Waals surface area contributed by atoms with Gasteiger partial charge < -0.3 is 9.15 Å². The Kier molecular flexibility index (Phi) is 6.18. The van der Waals surface area contributed by atoms with Crippen LogP contribution in [0.15, 0.2) is 98.1 Å². The summed E-state index contributed by atoms with van der Waals surface area (Å²) in [6, 6.07) is 18.1. The number of benzene rings is 3. The van der Waals surface area contributed by atoms with Gasteiger partial charge in [0.25, 0.3) is 0 Å². The van der Waals surface area contributed by atoms with Crippen LogP contribution < -0.4 is 10.2 Å². The van der Waals surface area contributed by atoms with Crippen molar-refractivity contribution in [2.75, 3.05) is 7.11 Å². The average Bonchev–Trinajstić information content (AvgIpc) is 2.84. The zero-order chi connectivity index (χ0) is 23.6. The molecule has 0 fully saturated rings. The molecule has 4 rings (SSSR count). The third-order valence-electron chi connectivity index (χ3n) is 4.97. The van der Waals surface area contributed by atoms with Gasteiger partial charge in [-0.1, -0.05) is 41.9 Å². The second kappa shape index (κ2) is 9.05. The number of ketones is 1. The molecule has 0 bridgehead atoms. The Labute approximate surface area is 194 Å². The highest BCUT2D eigenvalue weighted by atomic mass is 35.5. The molecule has 4 aromatic rings. The minimum absolute atomic E-state index is 0.0902. The summed E-state index contributed by atoms with van der Waals surface area (Å²) in [7, 11) is -2.84. The van der Waals surface area contributed by atoms with E-state index in [1.807, 2.05) is 0 Å². The molecule has 8 heteroatoms. The molecule has 0 amide bonds. The number of methoxy groups -OCH3 is 1. The van der Waals surface area contributed by atoms with Crippen molar-refractivity contribution in [3.63, 3.8) is 0 Å². The second-order valence-corrected chi connectivity index (χ2v) is 9.40. The van der Waals surface area contributed by atoms with Crippen molar-refractivity contribution in [3.8, 4) is 5.75 Å². The molecule has 166 valence electrons. The van der Waals surface area contributed by atoms with Crippen molar-refractivity contribution >= 4 is 44.3 Å². The third-order valence-corrected chi connectivity index (χ3v) is 6.99. The number of fused-ring (bicyclic) bond motifs is 1. The SMILES string of the molecule is COc1ccc2occ(/C=C(\C(=O)c3ccccc3)S(=O)(=O)c3ccc(Cl)cc3)c(=O)c2c1. The van der Waals surface area contributed by atoms with E-state index in [9.17, 15) is 18.0 Å². The molecule has 0 aliphatic carbocycles. The van der Waals surface area contributed by atoms with Gasteiger partial charge >= 0.3 is 0 Å². The predicted molar refractivity (Wildman–Crippen MR) is 126 cm³/mol. The number of hydrogen-bond donors (Lipinski definition) is 0. The number of hydrogen-bond acceptors (Lipinski definition) is 6. The lowest BCUT2D eigenvalue weighted by Gasteiger charge is -2.10. The lowest BCUT2D eigenvalue weighted by Crippen LogP contribution is -2.16. The number of allylic oxidation sites excluding steroid dienone is 1. The Morgan fingerprint density at radius 2 is 1.70 bits per heavy atom. The number of rotatable bonds is 6. The Morgan fingerprint density at radius 3 is 2.36 bits per heavy atom. The normalized spacial score (nSPS) is 12.0. The second-order valence-electron chi connectivity index (χ2n) is 7.04. The molecule has 0 atom stereocenters. The van der Waals surface area contributed by atoms with Crippen LogP contribution in [-0.2, 0) is 9.84 Å². The minimum atomic E-state index is -4.30. The molecule has 0 saturated heterocycles. The molecular formula is C25H17ClO6S. The minimum Gasteiger partial charge on any atom is -0.497 e. The standard InChI is InChI=1S/C25H17ClO6S/c1-31-19-9-12-22-21(14-19)24(27)17(15-32-22)13-23(25(28)16-5-3-2-4-6-16)33(29,30)20-10-7-18(26)8-11-20/h2-15H,1H3/b23-13+. The molecule has 1 aromatic heterocycles. The summed E-state index contributed by atoms with van der Waals surface area (Å²) in [6.45, 7) is 0. The van der Waals surface area contributed by atoms with Crippen LogP contribution in [-0.4, -0.2) is 21.3 Å². The first-order valence-corrected chi connectivity index (χ1v) is 11.6. The molecule has 3 aromatic carbocycles. The van der Waals surface area contributed by atoms with E-state index in [2.05, 4.69) is 0 Å². The van der Waals surface area contributed by atoms with Gasteiger partial charge in [-0.2, -0.15) is 0 Å². The number of halogens is 1. The van der Waals surface area contributed by atoms with E-state index in [1.54, 1.807) is 30.3 Å². The zero-order valence-electron chi connectivity index (χ0n) is 17.3. The first kappa shape index (κ1) is 22.5. The lowest BCUT2D eigenvalue weighted by atomic mass is 10.1. The number of ether oxygens (including phenoxy) is 1. The summed E-state index contributed by atoms with van der Waals surface area (Å²) in [5, 5.41) is 0.538. The fourth-order valence-electron chi connectivity index (χ4n) is 3.23. The molecule has 0 N–H and O–H groups in total. The highest BCUT2D eigenvalue weighted by Crippen LogP contribution is 2.27. The molecule has 0 saturated carbocycles. The summed E-state index contributed by atoms with van der Waals surface area (Å²) in [5.74, 6) is -0.319. The van der Waals surface area contributed by atoms with E-state index >= 15 is 0 Å². The third kappa shape index (κ3) is 4.46. The molecule has 0 radical (unpaired) electrons. The van der Waals surface area contributed by atoms with E-state index in [0.717, 1.165) is 12.3 Å². The first-order valence-electron chi connectivity index (χ1n) is 9.73.